The van der Waals surface area contributed by atoms with Crippen molar-refractivity contribution in [3.05, 3.63) is 49.7 Å². The number of thioether (sulfide) groups is 1. The number of halogens is 1. The maximum atomic E-state index is 13.1. The number of benzene rings is 1. The zero-order chi connectivity index (χ0) is 21.1. The minimum Gasteiger partial charge on any atom is -0.490 e. The fourth-order valence-corrected chi connectivity index (χ4v) is 5.06. The summed E-state index contributed by atoms with van der Waals surface area (Å²) in [5, 5.41) is 1.56. The lowest BCUT2D eigenvalue weighted by Crippen LogP contribution is -2.39. The molecule has 1 saturated heterocycles. The number of carbonyl (C=O) groups excluding carboxylic acids is 1. The Bertz CT molecular complexity index is 965. The molecular formula is C21H23IN2O3S2. The molecule has 2 aromatic rings. The second-order valence-corrected chi connectivity index (χ2v) is 9.37. The van der Waals surface area contributed by atoms with Crippen molar-refractivity contribution in [2.45, 2.75) is 34.1 Å². The first-order chi connectivity index (χ1) is 13.9. The monoisotopic (exact) mass is 542 g/mol. The second-order valence-electron chi connectivity index (χ2n) is 6.53. The smallest absolute Gasteiger partial charge is 0.285 e. The molecule has 0 atom stereocenters. The first-order valence-corrected chi connectivity index (χ1v) is 11.7. The van der Waals surface area contributed by atoms with Crippen molar-refractivity contribution >= 4 is 62.9 Å². The standard InChI is InChI=1S/C21H23IN2O3S2/c1-5-9-27-19-16(22)10-15(11-17(19)26-6-2)12-18-20(25)24(21(28)29-18)23-13(3)7-8-14(23)4/h7-8,10-12H,5-6,9H2,1-4H3/b18-12-. The van der Waals surface area contributed by atoms with Crippen molar-refractivity contribution in [1.29, 1.82) is 0 Å². The Kier molecular flexibility index (Phi) is 7.28. The fourth-order valence-electron chi connectivity index (χ4n) is 3.04. The number of amides is 1. The molecule has 3 rings (SSSR count). The number of ether oxygens (including phenoxy) is 2. The number of rotatable bonds is 7. The van der Waals surface area contributed by atoms with Crippen LogP contribution in [0.2, 0.25) is 0 Å². The molecule has 2 heterocycles. The lowest BCUT2D eigenvalue weighted by Gasteiger charge is -2.20. The molecule has 0 unspecified atom stereocenters. The summed E-state index contributed by atoms with van der Waals surface area (Å²) in [5.41, 5.74) is 2.81. The summed E-state index contributed by atoms with van der Waals surface area (Å²) in [6, 6.07) is 7.86. The quantitative estimate of drug-likeness (QED) is 0.265. The topological polar surface area (TPSA) is 43.7 Å². The average Bonchev–Trinajstić information content (AvgIpc) is 3.13. The van der Waals surface area contributed by atoms with Gasteiger partial charge in [0.2, 0.25) is 0 Å². The Hall–Kier alpha value is -1.52. The van der Waals surface area contributed by atoms with Crippen LogP contribution in [0.3, 0.4) is 0 Å². The molecule has 0 bridgehead atoms. The van der Waals surface area contributed by atoms with Gasteiger partial charge in [0.05, 0.1) is 21.7 Å². The zero-order valence-electron chi connectivity index (χ0n) is 16.8. The molecule has 0 N–H and O–H groups in total. The van der Waals surface area contributed by atoms with E-state index >= 15 is 0 Å². The van der Waals surface area contributed by atoms with Gasteiger partial charge >= 0.3 is 0 Å². The number of hydrogen-bond acceptors (Lipinski definition) is 5. The molecule has 0 saturated carbocycles. The van der Waals surface area contributed by atoms with Crippen LogP contribution >= 0.6 is 46.6 Å². The van der Waals surface area contributed by atoms with Crippen LogP contribution in [0.15, 0.2) is 29.2 Å². The number of nitrogens with zero attached hydrogens (tertiary/aromatic N) is 2. The highest BCUT2D eigenvalue weighted by Gasteiger charge is 2.34. The maximum Gasteiger partial charge on any atom is 0.285 e. The molecule has 0 radical (unpaired) electrons. The van der Waals surface area contributed by atoms with Gasteiger partial charge in [0, 0.05) is 11.4 Å². The van der Waals surface area contributed by atoms with Crippen LogP contribution in [0.5, 0.6) is 11.5 Å². The van der Waals surface area contributed by atoms with E-state index in [1.165, 1.54) is 11.8 Å². The van der Waals surface area contributed by atoms with Gasteiger partial charge in [0.15, 0.2) is 15.8 Å². The Labute approximate surface area is 194 Å². The van der Waals surface area contributed by atoms with Crippen LogP contribution in [-0.2, 0) is 4.79 Å². The van der Waals surface area contributed by atoms with Crippen LogP contribution in [0.25, 0.3) is 6.08 Å². The molecule has 0 aliphatic carbocycles. The largest absolute Gasteiger partial charge is 0.490 e. The molecule has 8 heteroatoms. The van der Waals surface area contributed by atoms with Gasteiger partial charge in [-0.25, -0.2) is 0 Å². The predicted octanol–water partition coefficient (Wildman–Crippen LogP) is 5.43. The van der Waals surface area contributed by atoms with E-state index < -0.39 is 0 Å². The molecule has 1 fully saturated rings. The van der Waals surface area contributed by atoms with E-state index in [9.17, 15) is 4.79 Å². The third kappa shape index (κ3) is 4.64. The summed E-state index contributed by atoms with van der Waals surface area (Å²) in [6.45, 7) is 9.09. The van der Waals surface area contributed by atoms with Crippen molar-refractivity contribution in [2.75, 3.05) is 18.2 Å². The van der Waals surface area contributed by atoms with E-state index in [1.807, 2.05) is 55.8 Å². The van der Waals surface area contributed by atoms with Gasteiger partial charge in [-0.05, 0) is 97.9 Å². The first-order valence-electron chi connectivity index (χ1n) is 9.39. The van der Waals surface area contributed by atoms with Crippen LogP contribution < -0.4 is 14.5 Å². The van der Waals surface area contributed by atoms with Crippen molar-refractivity contribution in [3.63, 3.8) is 0 Å². The first kappa shape index (κ1) is 22.2. The van der Waals surface area contributed by atoms with Gasteiger partial charge in [-0.3, -0.25) is 9.47 Å². The molecular weight excluding hydrogens is 519 g/mol. The van der Waals surface area contributed by atoms with Crippen LogP contribution in [-0.4, -0.2) is 28.1 Å². The molecule has 154 valence electrons. The fraction of sp³-hybridized carbons (Fsp3) is 0.333. The summed E-state index contributed by atoms with van der Waals surface area (Å²) in [5.74, 6) is 1.31. The third-order valence-electron chi connectivity index (χ3n) is 4.29. The second kappa shape index (κ2) is 9.53. The molecule has 1 aliphatic rings. The van der Waals surface area contributed by atoms with Crippen LogP contribution in [0.1, 0.15) is 37.2 Å². The van der Waals surface area contributed by atoms with Crippen LogP contribution in [0, 0.1) is 17.4 Å². The molecule has 0 spiro atoms. The van der Waals surface area contributed by atoms with Gasteiger partial charge in [-0.15, -0.1) is 0 Å². The molecule has 1 aromatic carbocycles. The predicted molar refractivity (Wildman–Crippen MR) is 131 cm³/mol. The Balaban J connectivity index is 1.96. The zero-order valence-corrected chi connectivity index (χ0v) is 20.6. The third-order valence-corrected chi connectivity index (χ3v) is 6.37. The average molecular weight is 542 g/mol. The van der Waals surface area contributed by atoms with E-state index in [1.54, 1.807) is 5.01 Å². The van der Waals surface area contributed by atoms with Crippen molar-refractivity contribution < 1.29 is 14.3 Å². The molecule has 1 aliphatic heterocycles. The minimum absolute atomic E-state index is 0.123. The van der Waals surface area contributed by atoms with E-state index in [0.717, 1.165) is 32.7 Å². The number of aryl methyl sites for hydroxylation is 2. The molecule has 1 aromatic heterocycles. The highest BCUT2D eigenvalue weighted by molar-refractivity contribution is 14.1. The SMILES string of the molecule is CCCOc1c(I)cc(/C=C2\SC(=S)N(n3c(C)ccc3C)C2=O)cc1OCC. The number of hydrogen-bond donors (Lipinski definition) is 0. The number of thiocarbonyl (C=S) groups is 1. The summed E-state index contributed by atoms with van der Waals surface area (Å²) in [6.07, 6.45) is 2.78. The minimum atomic E-state index is -0.123. The van der Waals surface area contributed by atoms with Gasteiger partial charge in [0.1, 0.15) is 0 Å². The van der Waals surface area contributed by atoms with Crippen molar-refractivity contribution in [1.82, 2.24) is 4.68 Å². The highest BCUT2D eigenvalue weighted by atomic mass is 127. The van der Waals surface area contributed by atoms with Gasteiger partial charge in [0.25, 0.3) is 5.91 Å². The summed E-state index contributed by atoms with van der Waals surface area (Å²) >= 11 is 9.05. The van der Waals surface area contributed by atoms with E-state index in [2.05, 4.69) is 29.5 Å². The lowest BCUT2D eigenvalue weighted by atomic mass is 10.2. The molecule has 5 nitrogen and oxygen atoms in total. The molecule has 29 heavy (non-hydrogen) atoms. The summed E-state index contributed by atoms with van der Waals surface area (Å²) in [7, 11) is 0. The lowest BCUT2D eigenvalue weighted by molar-refractivity contribution is -0.114. The number of aromatic nitrogens is 1. The summed E-state index contributed by atoms with van der Waals surface area (Å²) in [4.78, 5) is 13.7. The van der Waals surface area contributed by atoms with Gasteiger partial charge in [-0.2, -0.15) is 5.01 Å². The Morgan fingerprint density at radius 3 is 2.48 bits per heavy atom. The van der Waals surface area contributed by atoms with Crippen molar-refractivity contribution in [3.8, 4) is 11.5 Å². The number of carbonyl (C=O) groups is 1. The van der Waals surface area contributed by atoms with Crippen molar-refractivity contribution in [2.24, 2.45) is 0 Å². The van der Waals surface area contributed by atoms with E-state index in [-0.39, 0.29) is 5.91 Å². The normalized spacial score (nSPS) is 15.5. The highest BCUT2D eigenvalue weighted by Crippen LogP contribution is 2.37. The van der Waals surface area contributed by atoms with E-state index in [0.29, 0.717) is 28.2 Å². The Morgan fingerprint density at radius 2 is 1.86 bits per heavy atom. The Morgan fingerprint density at radius 1 is 1.17 bits per heavy atom. The van der Waals surface area contributed by atoms with E-state index in [4.69, 9.17) is 21.7 Å². The molecule has 1 amide bonds. The maximum absolute atomic E-state index is 13.1. The van der Waals surface area contributed by atoms with Gasteiger partial charge < -0.3 is 9.47 Å². The van der Waals surface area contributed by atoms with Crippen LogP contribution in [0.4, 0.5) is 0 Å². The van der Waals surface area contributed by atoms with Gasteiger partial charge in [-0.1, -0.05) is 18.7 Å². The summed E-state index contributed by atoms with van der Waals surface area (Å²) < 4.78 is 15.0.